The number of nitrogens with one attached hydrogen (secondary N) is 1. The normalized spacial score (nSPS) is 11.6. The molecule has 3 aromatic rings. The van der Waals surface area contributed by atoms with Crippen LogP contribution in [0.25, 0.3) is 5.76 Å². The Labute approximate surface area is 130 Å². The minimum atomic E-state index is -0.496. The standard InChI is InChI=1S/C16H12FN3O3/c17-11-3-1-10(2-4-11)7-12-5-6-15(23-12)13(21)8-14(22)16-18-9-19-20-16/h1-6,8-9,22H,7H2,(H,18,19,20)/b14-8-. The van der Waals surface area contributed by atoms with Gasteiger partial charge in [-0.3, -0.25) is 9.89 Å². The SMILES string of the molecule is O=C(/C=C(\O)c1ncn[nH]1)c1ccc(Cc2ccc(F)cc2)o1. The van der Waals surface area contributed by atoms with Crippen LogP contribution in [0.15, 0.2) is 53.2 Å². The second kappa shape index (κ2) is 6.27. The van der Waals surface area contributed by atoms with Gasteiger partial charge in [-0.15, -0.1) is 0 Å². The molecule has 0 aliphatic carbocycles. The summed E-state index contributed by atoms with van der Waals surface area (Å²) >= 11 is 0. The van der Waals surface area contributed by atoms with Crippen molar-refractivity contribution in [2.24, 2.45) is 0 Å². The second-order valence-corrected chi connectivity index (χ2v) is 4.80. The highest BCUT2D eigenvalue weighted by Crippen LogP contribution is 2.16. The van der Waals surface area contributed by atoms with E-state index >= 15 is 0 Å². The highest BCUT2D eigenvalue weighted by Gasteiger charge is 2.12. The Kier molecular flexibility index (Phi) is 4.01. The van der Waals surface area contributed by atoms with E-state index in [-0.39, 0.29) is 23.2 Å². The number of halogens is 1. The van der Waals surface area contributed by atoms with E-state index in [1.54, 1.807) is 18.2 Å². The summed E-state index contributed by atoms with van der Waals surface area (Å²) in [5, 5.41) is 15.8. The molecule has 0 saturated heterocycles. The Bertz CT molecular complexity index is 836. The van der Waals surface area contributed by atoms with Gasteiger partial charge in [0, 0.05) is 12.5 Å². The molecule has 7 heteroatoms. The van der Waals surface area contributed by atoms with Crippen LogP contribution in [0.3, 0.4) is 0 Å². The molecule has 0 radical (unpaired) electrons. The van der Waals surface area contributed by atoms with E-state index in [9.17, 15) is 14.3 Å². The summed E-state index contributed by atoms with van der Waals surface area (Å²) in [6.07, 6.45) is 2.66. The molecule has 0 bridgehead atoms. The summed E-state index contributed by atoms with van der Waals surface area (Å²) in [6, 6.07) is 9.20. The third kappa shape index (κ3) is 3.52. The van der Waals surface area contributed by atoms with Gasteiger partial charge in [0.05, 0.1) is 0 Å². The third-order valence-electron chi connectivity index (χ3n) is 3.12. The summed E-state index contributed by atoms with van der Waals surface area (Å²) in [4.78, 5) is 15.8. The first-order valence-electron chi connectivity index (χ1n) is 6.76. The molecule has 23 heavy (non-hydrogen) atoms. The maximum Gasteiger partial charge on any atom is 0.224 e. The number of carbonyl (C=O) groups is 1. The molecule has 0 unspecified atom stereocenters. The molecule has 2 N–H and O–H groups in total. The summed E-state index contributed by atoms with van der Waals surface area (Å²) in [6.45, 7) is 0. The quantitative estimate of drug-likeness (QED) is 0.429. The number of nitrogens with zero attached hydrogens (tertiary/aromatic N) is 2. The van der Waals surface area contributed by atoms with Crippen molar-refractivity contribution in [2.75, 3.05) is 0 Å². The van der Waals surface area contributed by atoms with Gasteiger partial charge >= 0.3 is 0 Å². The average Bonchev–Trinajstić information content (AvgIpc) is 3.21. The fraction of sp³-hybridized carbons (Fsp3) is 0.0625. The molecular weight excluding hydrogens is 301 g/mol. The first-order chi connectivity index (χ1) is 11.1. The second-order valence-electron chi connectivity index (χ2n) is 4.80. The van der Waals surface area contributed by atoms with Crippen molar-refractivity contribution in [2.45, 2.75) is 6.42 Å². The Hall–Kier alpha value is -3.22. The van der Waals surface area contributed by atoms with Crippen molar-refractivity contribution in [1.82, 2.24) is 15.2 Å². The van der Waals surface area contributed by atoms with Gasteiger partial charge in [-0.2, -0.15) is 5.10 Å². The number of hydrogen-bond acceptors (Lipinski definition) is 5. The van der Waals surface area contributed by atoms with E-state index in [2.05, 4.69) is 15.2 Å². The van der Waals surface area contributed by atoms with Crippen molar-refractivity contribution < 1.29 is 18.7 Å². The lowest BCUT2D eigenvalue weighted by molar-refractivity contribution is 0.101. The molecule has 0 atom stereocenters. The Morgan fingerprint density at radius 2 is 2.04 bits per heavy atom. The van der Waals surface area contributed by atoms with Crippen molar-refractivity contribution in [1.29, 1.82) is 0 Å². The number of ketones is 1. The summed E-state index contributed by atoms with van der Waals surface area (Å²) in [5.74, 6) is -0.387. The molecule has 0 spiro atoms. The van der Waals surface area contributed by atoms with Gasteiger partial charge in [0.15, 0.2) is 17.3 Å². The van der Waals surface area contributed by atoms with Gasteiger partial charge in [-0.25, -0.2) is 9.37 Å². The first-order valence-corrected chi connectivity index (χ1v) is 6.76. The number of aliphatic hydroxyl groups is 1. The van der Waals surface area contributed by atoms with Crippen LogP contribution in [0.5, 0.6) is 0 Å². The summed E-state index contributed by atoms with van der Waals surface area (Å²) in [7, 11) is 0. The van der Waals surface area contributed by atoms with Crippen LogP contribution in [0.4, 0.5) is 4.39 Å². The van der Waals surface area contributed by atoms with E-state index in [1.807, 2.05) is 0 Å². The van der Waals surface area contributed by atoms with Crippen LogP contribution in [0.1, 0.15) is 27.7 Å². The lowest BCUT2D eigenvalue weighted by Crippen LogP contribution is -1.96. The zero-order valence-corrected chi connectivity index (χ0v) is 11.9. The van der Waals surface area contributed by atoms with Crippen LogP contribution in [0.2, 0.25) is 0 Å². The molecular formula is C16H12FN3O3. The smallest absolute Gasteiger partial charge is 0.224 e. The van der Waals surface area contributed by atoms with Crippen molar-refractivity contribution in [3.8, 4) is 0 Å². The maximum absolute atomic E-state index is 12.9. The van der Waals surface area contributed by atoms with Gasteiger partial charge in [0.1, 0.15) is 17.9 Å². The minimum Gasteiger partial charge on any atom is -0.504 e. The Balaban J connectivity index is 1.72. The zero-order chi connectivity index (χ0) is 16.2. The highest BCUT2D eigenvalue weighted by molar-refractivity contribution is 6.05. The predicted molar refractivity (Wildman–Crippen MR) is 79.2 cm³/mol. The summed E-state index contributed by atoms with van der Waals surface area (Å²) in [5.41, 5.74) is 0.861. The molecule has 2 heterocycles. The highest BCUT2D eigenvalue weighted by atomic mass is 19.1. The van der Waals surface area contributed by atoms with Crippen molar-refractivity contribution in [3.63, 3.8) is 0 Å². The number of rotatable bonds is 5. The third-order valence-corrected chi connectivity index (χ3v) is 3.12. The van der Waals surface area contributed by atoms with Gasteiger partial charge in [-0.1, -0.05) is 12.1 Å². The summed E-state index contributed by atoms with van der Waals surface area (Å²) < 4.78 is 18.3. The number of furan rings is 1. The number of carbonyl (C=O) groups excluding carboxylic acids is 1. The topological polar surface area (TPSA) is 92.0 Å². The number of H-pyrrole nitrogens is 1. The molecule has 0 aliphatic heterocycles. The number of hydrogen-bond donors (Lipinski definition) is 2. The van der Waals surface area contributed by atoms with Crippen molar-refractivity contribution >= 4 is 11.5 Å². The van der Waals surface area contributed by atoms with Gasteiger partial charge in [0.25, 0.3) is 0 Å². The lowest BCUT2D eigenvalue weighted by atomic mass is 10.1. The Morgan fingerprint density at radius 3 is 2.74 bits per heavy atom. The number of allylic oxidation sites excluding steroid dienone is 1. The molecule has 0 aliphatic rings. The molecule has 1 aromatic carbocycles. The Morgan fingerprint density at radius 1 is 1.26 bits per heavy atom. The predicted octanol–water partition coefficient (Wildman–Crippen LogP) is 2.91. The average molecular weight is 313 g/mol. The van der Waals surface area contributed by atoms with E-state index in [4.69, 9.17) is 4.42 Å². The number of aliphatic hydroxyl groups excluding tert-OH is 1. The van der Waals surface area contributed by atoms with Gasteiger partial charge in [-0.05, 0) is 29.8 Å². The van der Waals surface area contributed by atoms with E-state index in [0.717, 1.165) is 11.6 Å². The minimum absolute atomic E-state index is 0.0909. The van der Waals surface area contributed by atoms with Crippen molar-refractivity contribution in [3.05, 3.63) is 77.5 Å². The monoisotopic (exact) mass is 313 g/mol. The lowest BCUT2D eigenvalue weighted by Gasteiger charge is -1.98. The van der Waals surface area contributed by atoms with Gasteiger partial charge < -0.3 is 9.52 Å². The molecule has 0 saturated carbocycles. The van der Waals surface area contributed by atoms with E-state index in [1.165, 1.54) is 24.5 Å². The largest absolute Gasteiger partial charge is 0.504 e. The maximum atomic E-state index is 12.9. The molecule has 116 valence electrons. The molecule has 0 fully saturated rings. The molecule has 0 amide bonds. The fourth-order valence-electron chi connectivity index (χ4n) is 2.00. The number of benzene rings is 1. The molecule has 2 aromatic heterocycles. The van der Waals surface area contributed by atoms with Gasteiger partial charge in [0.2, 0.25) is 5.78 Å². The molecule has 3 rings (SSSR count). The first kappa shape index (κ1) is 14.7. The molecule has 6 nitrogen and oxygen atoms in total. The van der Waals surface area contributed by atoms with Crippen LogP contribution in [0, 0.1) is 5.82 Å². The van der Waals surface area contributed by atoms with E-state index < -0.39 is 5.78 Å². The zero-order valence-electron chi connectivity index (χ0n) is 11.9. The van der Waals surface area contributed by atoms with Crippen LogP contribution in [-0.2, 0) is 6.42 Å². The van der Waals surface area contributed by atoms with E-state index in [0.29, 0.717) is 12.2 Å². The van der Waals surface area contributed by atoms with Crippen LogP contribution < -0.4 is 0 Å². The number of aromatic nitrogens is 3. The number of aromatic amines is 1. The van der Waals surface area contributed by atoms with Crippen LogP contribution >= 0.6 is 0 Å². The fourth-order valence-corrected chi connectivity index (χ4v) is 2.00. The van der Waals surface area contributed by atoms with Crippen LogP contribution in [-0.4, -0.2) is 26.1 Å².